The fraction of sp³-hybridized carbons (Fsp3) is 0.143. The van der Waals surface area contributed by atoms with Crippen molar-refractivity contribution in [2.75, 3.05) is 0 Å². The fourth-order valence-corrected chi connectivity index (χ4v) is 9.19. The highest BCUT2D eigenvalue weighted by atomic mass is 14.6. The first kappa shape index (κ1) is 29.7. The normalized spacial score (nSPS) is 18.6. The largest absolute Gasteiger partial charge is 0.0839 e. The number of benzene rings is 6. The molecule has 0 radical (unpaired) electrons. The molecule has 6 aromatic rings. The maximum Gasteiger partial charge on any atom is 0.0716 e. The molecule has 0 N–H and O–H groups in total. The van der Waals surface area contributed by atoms with Gasteiger partial charge in [-0.2, -0.15) is 0 Å². The van der Waals surface area contributed by atoms with Crippen LogP contribution in [0.1, 0.15) is 67.0 Å². The lowest BCUT2D eigenvalue weighted by Gasteiger charge is -2.48. The summed E-state index contributed by atoms with van der Waals surface area (Å²) < 4.78 is 0. The van der Waals surface area contributed by atoms with E-state index in [9.17, 15) is 0 Å². The van der Waals surface area contributed by atoms with E-state index in [-0.39, 0.29) is 10.8 Å². The number of hydrogen-bond acceptors (Lipinski definition) is 0. The van der Waals surface area contributed by atoms with Gasteiger partial charge in [-0.3, -0.25) is 0 Å². The maximum atomic E-state index is 2.46. The monoisotopic (exact) mass is 628 g/mol. The molecule has 0 bridgehead atoms. The Kier molecular flexibility index (Phi) is 6.85. The molecule has 0 saturated heterocycles. The minimum atomic E-state index is -0.299. The Labute approximate surface area is 290 Å². The average molecular weight is 629 g/mol. The van der Waals surface area contributed by atoms with Gasteiger partial charge in [-0.1, -0.05) is 177 Å². The second-order valence-electron chi connectivity index (χ2n) is 14.3. The quantitative estimate of drug-likeness (QED) is 0.182. The Balaban J connectivity index is 1.11. The van der Waals surface area contributed by atoms with E-state index in [0.717, 1.165) is 12.8 Å². The van der Waals surface area contributed by atoms with Crippen molar-refractivity contribution in [1.29, 1.82) is 0 Å². The van der Waals surface area contributed by atoms with E-state index in [0.29, 0.717) is 0 Å². The molecule has 0 amide bonds. The fourth-order valence-electron chi connectivity index (χ4n) is 9.19. The Morgan fingerprint density at radius 2 is 1.08 bits per heavy atom. The van der Waals surface area contributed by atoms with Crippen LogP contribution < -0.4 is 0 Å². The Bertz CT molecular complexity index is 2330. The third kappa shape index (κ3) is 4.37. The van der Waals surface area contributed by atoms with Crippen molar-refractivity contribution >= 4 is 5.57 Å². The summed E-state index contributed by atoms with van der Waals surface area (Å²) in [7, 11) is 0. The van der Waals surface area contributed by atoms with Crippen LogP contribution >= 0.6 is 0 Å². The van der Waals surface area contributed by atoms with Crippen molar-refractivity contribution < 1.29 is 0 Å². The standard InChI is InChI=1S/C49H40/c1-4-39(36-14-6-5-7-15-36)37-28-26-34(27-29-37)33-22-24-35(25-23-33)38-30-31-43-41(32-38)40-16-8-9-17-42(40)49(43)46-20-12-10-18-44(46)48(2,3)45-19-11-13-21-47(45)49/h4-10,12-18,20-32H,11,19H2,1-3H3/b39-4+. The highest BCUT2D eigenvalue weighted by molar-refractivity contribution is 5.91. The van der Waals surface area contributed by atoms with Crippen molar-refractivity contribution in [2.45, 2.75) is 44.4 Å². The molecule has 0 heteroatoms. The van der Waals surface area contributed by atoms with Gasteiger partial charge < -0.3 is 0 Å². The number of rotatable bonds is 4. The molecule has 49 heavy (non-hydrogen) atoms. The van der Waals surface area contributed by atoms with Crippen LogP contribution in [-0.2, 0) is 10.8 Å². The van der Waals surface area contributed by atoms with Gasteiger partial charge in [-0.25, -0.2) is 0 Å². The number of allylic oxidation sites excluding steroid dienone is 5. The molecule has 0 aromatic heterocycles. The first-order valence-corrected chi connectivity index (χ1v) is 17.7. The topological polar surface area (TPSA) is 0 Å². The van der Waals surface area contributed by atoms with Crippen molar-refractivity contribution in [3.63, 3.8) is 0 Å². The van der Waals surface area contributed by atoms with Gasteiger partial charge in [0.05, 0.1) is 5.41 Å². The van der Waals surface area contributed by atoms with Gasteiger partial charge in [0.15, 0.2) is 0 Å². The van der Waals surface area contributed by atoms with Crippen molar-refractivity contribution in [2.24, 2.45) is 0 Å². The predicted octanol–water partition coefficient (Wildman–Crippen LogP) is 12.7. The molecule has 1 spiro atoms. The predicted molar refractivity (Wildman–Crippen MR) is 207 cm³/mol. The minimum Gasteiger partial charge on any atom is -0.0839 e. The zero-order valence-electron chi connectivity index (χ0n) is 28.5. The molecule has 236 valence electrons. The van der Waals surface area contributed by atoms with Gasteiger partial charge in [0.1, 0.15) is 0 Å². The average Bonchev–Trinajstić information content (AvgIpc) is 3.45. The molecule has 0 heterocycles. The SMILES string of the molecule is C/C=C(\c1ccccc1)c1ccc(-c2ccc(-c3ccc4c(c3)-c3ccccc3C43C4=C(CCC=C4)C(C)(C)c4ccccc43)cc2)cc1. The van der Waals surface area contributed by atoms with Gasteiger partial charge in [0.2, 0.25) is 0 Å². The Morgan fingerprint density at radius 1 is 0.531 bits per heavy atom. The zero-order chi connectivity index (χ0) is 33.2. The van der Waals surface area contributed by atoms with Gasteiger partial charge in [-0.15, -0.1) is 0 Å². The lowest BCUT2D eigenvalue weighted by atomic mass is 9.54. The van der Waals surface area contributed by atoms with Crippen LogP contribution in [0.15, 0.2) is 175 Å². The number of fused-ring (bicyclic) bond motifs is 8. The van der Waals surface area contributed by atoms with Gasteiger partial charge in [-0.05, 0) is 104 Å². The van der Waals surface area contributed by atoms with Crippen LogP contribution in [-0.4, -0.2) is 0 Å². The summed E-state index contributed by atoms with van der Waals surface area (Å²) in [6, 6.07) is 54.3. The van der Waals surface area contributed by atoms with Gasteiger partial charge >= 0.3 is 0 Å². The lowest BCUT2D eigenvalue weighted by molar-refractivity contribution is 0.524. The maximum absolute atomic E-state index is 2.46. The molecule has 9 rings (SSSR count). The summed E-state index contributed by atoms with van der Waals surface area (Å²) in [5.41, 5.74) is 19.9. The smallest absolute Gasteiger partial charge is 0.0716 e. The van der Waals surface area contributed by atoms with Crippen LogP contribution in [0.5, 0.6) is 0 Å². The molecule has 3 aliphatic rings. The van der Waals surface area contributed by atoms with E-state index in [1.54, 1.807) is 5.57 Å². The summed E-state index contributed by atoms with van der Waals surface area (Å²) in [6.07, 6.45) is 9.28. The van der Waals surface area contributed by atoms with Gasteiger partial charge in [0.25, 0.3) is 0 Å². The van der Waals surface area contributed by atoms with E-state index in [1.807, 2.05) is 0 Å². The van der Waals surface area contributed by atoms with E-state index >= 15 is 0 Å². The van der Waals surface area contributed by atoms with E-state index in [1.165, 1.54) is 77.9 Å². The zero-order valence-corrected chi connectivity index (χ0v) is 28.5. The molecule has 1 unspecified atom stereocenters. The minimum absolute atomic E-state index is 0.00146. The van der Waals surface area contributed by atoms with E-state index in [2.05, 4.69) is 185 Å². The Hall–Kier alpha value is -5.46. The van der Waals surface area contributed by atoms with Crippen LogP contribution in [0.2, 0.25) is 0 Å². The van der Waals surface area contributed by atoms with Crippen molar-refractivity contribution in [3.05, 3.63) is 208 Å². The second kappa shape index (κ2) is 11.3. The van der Waals surface area contributed by atoms with Crippen LogP contribution in [0.4, 0.5) is 0 Å². The highest BCUT2D eigenvalue weighted by Gasteiger charge is 2.53. The molecule has 0 aliphatic heterocycles. The van der Waals surface area contributed by atoms with Crippen LogP contribution in [0.25, 0.3) is 39.0 Å². The molecule has 6 aromatic carbocycles. The Morgan fingerprint density at radius 3 is 1.80 bits per heavy atom. The van der Waals surface area contributed by atoms with Crippen molar-refractivity contribution in [1.82, 2.24) is 0 Å². The molecule has 0 saturated carbocycles. The summed E-state index contributed by atoms with van der Waals surface area (Å²) >= 11 is 0. The highest BCUT2D eigenvalue weighted by Crippen LogP contribution is 2.63. The molecule has 3 aliphatic carbocycles. The molecular formula is C49H40. The first-order valence-electron chi connectivity index (χ1n) is 17.7. The summed E-state index contributed by atoms with van der Waals surface area (Å²) in [5.74, 6) is 0. The van der Waals surface area contributed by atoms with Crippen molar-refractivity contribution in [3.8, 4) is 33.4 Å². The third-order valence-corrected chi connectivity index (χ3v) is 11.5. The molecule has 0 nitrogen and oxygen atoms in total. The lowest BCUT2D eigenvalue weighted by Crippen LogP contribution is -2.41. The third-order valence-electron chi connectivity index (χ3n) is 11.5. The van der Waals surface area contributed by atoms with E-state index < -0.39 is 0 Å². The van der Waals surface area contributed by atoms with Crippen LogP contribution in [0.3, 0.4) is 0 Å². The second-order valence-corrected chi connectivity index (χ2v) is 14.3. The van der Waals surface area contributed by atoms with Gasteiger partial charge in [0, 0.05) is 5.41 Å². The molecular weight excluding hydrogens is 589 g/mol. The van der Waals surface area contributed by atoms with E-state index in [4.69, 9.17) is 0 Å². The molecule has 1 atom stereocenters. The number of hydrogen-bond donors (Lipinski definition) is 0. The summed E-state index contributed by atoms with van der Waals surface area (Å²) in [6.45, 7) is 6.98. The first-order chi connectivity index (χ1) is 24.0. The summed E-state index contributed by atoms with van der Waals surface area (Å²) in [4.78, 5) is 0. The summed E-state index contributed by atoms with van der Waals surface area (Å²) in [5, 5.41) is 0. The molecule has 0 fully saturated rings. The van der Waals surface area contributed by atoms with Crippen LogP contribution in [0, 0.1) is 0 Å².